The van der Waals surface area contributed by atoms with Crippen LogP contribution in [-0.2, 0) is 7.05 Å². The average Bonchev–Trinajstić information content (AvgIpc) is 2.95. The highest BCUT2D eigenvalue weighted by Crippen LogP contribution is 2.23. The number of ether oxygens (including phenoxy) is 1. The number of hydrogen-bond acceptors (Lipinski definition) is 4. The van der Waals surface area contributed by atoms with E-state index in [4.69, 9.17) is 4.74 Å². The first-order chi connectivity index (χ1) is 11.6. The summed E-state index contributed by atoms with van der Waals surface area (Å²) in [4.78, 5) is 0. The number of hydrogen-bond donors (Lipinski definition) is 0. The van der Waals surface area contributed by atoms with Gasteiger partial charge in [0, 0.05) is 22.8 Å². The predicted molar refractivity (Wildman–Crippen MR) is 102 cm³/mol. The van der Waals surface area contributed by atoms with Crippen molar-refractivity contribution >= 4 is 27.7 Å². The lowest BCUT2D eigenvalue weighted by molar-refractivity contribution is 0.344. The van der Waals surface area contributed by atoms with Crippen LogP contribution in [0.3, 0.4) is 0 Å². The normalized spacial score (nSPS) is 10.8. The maximum atomic E-state index is 5.73. The zero-order valence-corrected chi connectivity index (χ0v) is 16.0. The highest BCUT2D eigenvalue weighted by molar-refractivity contribution is 9.10. The van der Waals surface area contributed by atoms with E-state index in [0.717, 1.165) is 32.5 Å². The Morgan fingerprint density at radius 3 is 2.46 bits per heavy atom. The van der Waals surface area contributed by atoms with Crippen molar-refractivity contribution in [1.29, 1.82) is 0 Å². The molecule has 24 heavy (non-hydrogen) atoms. The molecule has 0 spiro atoms. The Hall–Kier alpha value is -1.79. The Morgan fingerprint density at radius 1 is 1.04 bits per heavy atom. The van der Waals surface area contributed by atoms with Gasteiger partial charge in [0.2, 0.25) is 0 Å². The SMILES string of the molecule is Cc1ccc(-c2nnc(SCCOc3ccc(Br)cc3)n2C)cc1. The topological polar surface area (TPSA) is 39.9 Å². The molecule has 2 aromatic carbocycles. The standard InChI is InChI=1S/C18H18BrN3OS/c1-13-3-5-14(6-4-13)17-20-21-18(22(17)2)24-12-11-23-16-9-7-15(19)8-10-16/h3-10H,11-12H2,1-2H3. The summed E-state index contributed by atoms with van der Waals surface area (Å²) in [6.07, 6.45) is 0. The van der Waals surface area contributed by atoms with Crippen molar-refractivity contribution in [3.8, 4) is 17.1 Å². The highest BCUT2D eigenvalue weighted by atomic mass is 79.9. The quantitative estimate of drug-likeness (QED) is 0.440. The molecule has 0 aliphatic rings. The summed E-state index contributed by atoms with van der Waals surface area (Å²) in [5.74, 6) is 2.57. The largest absolute Gasteiger partial charge is 0.493 e. The van der Waals surface area contributed by atoms with Crippen LogP contribution in [-0.4, -0.2) is 27.1 Å². The van der Waals surface area contributed by atoms with Gasteiger partial charge in [-0.05, 0) is 31.2 Å². The summed E-state index contributed by atoms with van der Waals surface area (Å²) >= 11 is 5.06. The van der Waals surface area contributed by atoms with Crippen LogP contribution in [0.5, 0.6) is 5.75 Å². The number of thioether (sulfide) groups is 1. The lowest BCUT2D eigenvalue weighted by atomic mass is 10.1. The first-order valence-corrected chi connectivity index (χ1v) is 9.39. The van der Waals surface area contributed by atoms with E-state index in [1.165, 1.54) is 5.56 Å². The zero-order chi connectivity index (χ0) is 16.9. The van der Waals surface area contributed by atoms with Gasteiger partial charge in [-0.3, -0.25) is 0 Å². The summed E-state index contributed by atoms with van der Waals surface area (Å²) in [6, 6.07) is 16.2. The molecule has 0 bridgehead atoms. The van der Waals surface area contributed by atoms with Crippen molar-refractivity contribution < 1.29 is 4.74 Å². The number of nitrogens with zero attached hydrogens (tertiary/aromatic N) is 3. The van der Waals surface area contributed by atoms with Gasteiger partial charge in [0.05, 0.1) is 6.61 Å². The number of aromatic nitrogens is 3. The molecule has 0 atom stereocenters. The van der Waals surface area contributed by atoms with Crippen LogP contribution in [0.25, 0.3) is 11.4 Å². The molecule has 3 aromatic rings. The fourth-order valence-corrected chi connectivity index (χ4v) is 3.21. The van der Waals surface area contributed by atoms with E-state index in [0.29, 0.717) is 6.61 Å². The van der Waals surface area contributed by atoms with Crippen LogP contribution in [0.1, 0.15) is 5.56 Å². The van der Waals surface area contributed by atoms with Crippen LogP contribution in [0, 0.1) is 6.92 Å². The minimum Gasteiger partial charge on any atom is -0.493 e. The lowest BCUT2D eigenvalue weighted by Crippen LogP contribution is -2.02. The second kappa shape index (κ2) is 7.85. The molecule has 0 amide bonds. The molecule has 0 saturated carbocycles. The van der Waals surface area contributed by atoms with Gasteiger partial charge in [-0.15, -0.1) is 10.2 Å². The third-order valence-corrected chi connectivity index (χ3v) is 5.05. The Kier molecular flexibility index (Phi) is 5.58. The van der Waals surface area contributed by atoms with Gasteiger partial charge >= 0.3 is 0 Å². The maximum absolute atomic E-state index is 5.73. The van der Waals surface area contributed by atoms with Gasteiger partial charge in [-0.1, -0.05) is 57.5 Å². The first-order valence-electron chi connectivity index (χ1n) is 7.61. The molecule has 1 aromatic heterocycles. The van der Waals surface area contributed by atoms with Crippen LogP contribution in [0.4, 0.5) is 0 Å². The van der Waals surface area contributed by atoms with E-state index >= 15 is 0 Å². The Morgan fingerprint density at radius 2 is 1.75 bits per heavy atom. The fraction of sp³-hybridized carbons (Fsp3) is 0.222. The van der Waals surface area contributed by atoms with Crippen molar-refractivity contribution in [2.75, 3.05) is 12.4 Å². The molecular formula is C18H18BrN3OS. The Balaban J connectivity index is 1.56. The molecule has 0 saturated heterocycles. The van der Waals surface area contributed by atoms with Gasteiger partial charge < -0.3 is 9.30 Å². The summed E-state index contributed by atoms with van der Waals surface area (Å²) in [5.41, 5.74) is 2.31. The molecule has 0 N–H and O–H groups in total. The predicted octanol–water partition coefficient (Wildman–Crippen LogP) is 4.72. The molecule has 124 valence electrons. The van der Waals surface area contributed by atoms with E-state index in [1.54, 1.807) is 11.8 Å². The third-order valence-electron chi connectivity index (χ3n) is 3.54. The number of rotatable bonds is 6. The van der Waals surface area contributed by atoms with Crippen molar-refractivity contribution in [3.63, 3.8) is 0 Å². The van der Waals surface area contributed by atoms with Crippen molar-refractivity contribution in [1.82, 2.24) is 14.8 Å². The van der Waals surface area contributed by atoms with Crippen LogP contribution < -0.4 is 4.74 Å². The molecular weight excluding hydrogens is 386 g/mol. The molecule has 4 nitrogen and oxygen atoms in total. The fourth-order valence-electron chi connectivity index (χ4n) is 2.22. The van der Waals surface area contributed by atoms with Crippen LogP contribution in [0.15, 0.2) is 58.2 Å². The van der Waals surface area contributed by atoms with E-state index in [2.05, 4.69) is 57.3 Å². The van der Waals surface area contributed by atoms with Gasteiger partial charge in [0.15, 0.2) is 11.0 Å². The molecule has 6 heteroatoms. The van der Waals surface area contributed by atoms with E-state index in [-0.39, 0.29) is 0 Å². The average molecular weight is 404 g/mol. The number of benzene rings is 2. The molecule has 0 aliphatic heterocycles. The summed E-state index contributed by atoms with van der Waals surface area (Å²) in [5, 5.41) is 9.49. The van der Waals surface area contributed by atoms with Crippen molar-refractivity contribution in [3.05, 3.63) is 58.6 Å². The molecule has 0 unspecified atom stereocenters. The summed E-state index contributed by atoms with van der Waals surface area (Å²) in [6.45, 7) is 2.70. The Labute approximate surface area is 154 Å². The van der Waals surface area contributed by atoms with Gasteiger partial charge in [0.1, 0.15) is 5.75 Å². The second-order valence-corrected chi connectivity index (χ2v) is 7.36. The number of halogens is 1. The van der Waals surface area contributed by atoms with E-state index in [9.17, 15) is 0 Å². The van der Waals surface area contributed by atoms with E-state index in [1.807, 2.05) is 35.9 Å². The van der Waals surface area contributed by atoms with Gasteiger partial charge in [0.25, 0.3) is 0 Å². The summed E-state index contributed by atoms with van der Waals surface area (Å²) < 4.78 is 8.80. The van der Waals surface area contributed by atoms with E-state index < -0.39 is 0 Å². The molecule has 0 aliphatic carbocycles. The molecule has 0 radical (unpaired) electrons. The maximum Gasteiger partial charge on any atom is 0.191 e. The zero-order valence-electron chi connectivity index (χ0n) is 13.6. The first kappa shape index (κ1) is 17.0. The second-order valence-electron chi connectivity index (χ2n) is 5.38. The third kappa shape index (κ3) is 4.19. The highest BCUT2D eigenvalue weighted by Gasteiger charge is 2.10. The minimum atomic E-state index is 0.624. The lowest BCUT2D eigenvalue weighted by Gasteiger charge is -2.06. The summed E-state index contributed by atoms with van der Waals surface area (Å²) in [7, 11) is 1.99. The van der Waals surface area contributed by atoms with Crippen molar-refractivity contribution in [2.24, 2.45) is 7.05 Å². The van der Waals surface area contributed by atoms with Crippen LogP contribution >= 0.6 is 27.7 Å². The minimum absolute atomic E-state index is 0.624. The van der Waals surface area contributed by atoms with Gasteiger partial charge in [-0.25, -0.2) is 0 Å². The van der Waals surface area contributed by atoms with Crippen LogP contribution in [0.2, 0.25) is 0 Å². The Bertz CT molecular complexity index is 800. The molecule has 0 fully saturated rings. The molecule has 1 heterocycles. The molecule has 3 rings (SSSR count). The number of aryl methyl sites for hydroxylation is 1. The monoisotopic (exact) mass is 403 g/mol. The van der Waals surface area contributed by atoms with Gasteiger partial charge in [-0.2, -0.15) is 0 Å². The smallest absolute Gasteiger partial charge is 0.191 e. The van der Waals surface area contributed by atoms with Crippen molar-refractivity contribution in [2.45, 2.75) is 12.1 Å².